The summed E-state index contributed by atoms with van der Waals surface area (Å²) >= 11 is 0. The first-order chi connectivity index (χ1) is 12.2. The summed E-state index contributed by atoms with van der Waals surface area (Å²) < 4.78 is 5.51. The van der Waals surface area contributed by atoms with Gasteiger partial charge in [-0.15, -0.1) is 0 Å². The Morgan fingerprint density at radius 3 is 2.36 bits per heavy atom. The molecule has 2 fully saturated rings. The molecule has 0 atom stereocenters. The third-order valence-electron chi connectivity index (χ3n) is 4.92. The van der Waals surface area contributed by atoms with Crippen LogP contribution in [0.4, 0.5) is 5.69 Å². The molecule has 0 radical (unpaired) electrons. The van der Waals surface area contributed by atoms with Crippen LogP contribution in [0.5, 0.6) is 0 Å². The van der Waals surface area contributed by atoms with E-state index in [9.17, 15) is 0 Å². The van der Waals surface area contributed by atoms with E-state index in [0.29, 0.717) is 5.92 Å². The standard InChI is InChI=1S/C20H30N4O/c1-23(2)19(17-9-5-3-6-10-17)22-20(24-13-15-25-16-14-24)21-18-11-7-4-8-12-18/h4,7-8,11-12,17H,3,5-6,9-10,13-16H2,1-2H3/b21-20?,22-19-. The second-order valence-electron chi connectivity index (χ2n) is 7.05. The van der Waals surface area contributed by atoms with Crippen LogP contribution in [0.1, 0.15) is 32.1 Å². The normalized spacial score (nSPS) is 20.6. The number of benzene rings is 1. The summed E-state index contributed by atoms with van der Waals surface area (Å²) in [5.74, 6) is 2.54. The number of aliphatic imine (C=N–C) groups is 2. The zero-order valence-corrected chi connectivity index (χ0v) is 15.5. The van der Waals surface area contributed by atoms with Crippen molar-refractivity contribution in [3.05, 3.63) is 30.3 Å². The van der Waals surface area contributed by atoms with Crippen molar-refractivity contribution in [2.45, 2.75) is 32.1 Å². The molecule has 3 rings (SSSR count). The van der Waals surface area contributed by atoms with Crippen molar-refractivity contribution in [1.29, 1.82) is 0 Å². The van der Waals surface area contributed by atoms with E-state index in [1.54, 1.807) is 0 Å². The van der Waals surface area contributed by atoms with Gasteiger partial charge in [-0.25, -0.2) is 4.99 Å². The Morgan fingerprint density at radius 1 is 1.04 bits per heavy atom. The van der Waals surface area contributed by atoms with Crippen molar-refractivity contribution in [1.82, 2.24) is 9.80 Å². The van der Waals surface area contributed by atoms with Crippen molar-refractivity contribution in [3.63, 3.8) is 0 Å². The van der Waals surface area contributed by atoms with E-state index in [1.807, 2.05) is 30.3 Å². The Kier molecular flexibility index (Phi) is 6.45. The molecular weight excluding hydrogens is 312 g/mol. The summed E-state index contributed by atoms with van der Waals surface area (Å²) in [7, 11) is 4.21. The summed E-state index contributed by atoms with van der Waals surface area (Å²) in [6, 6.07) is 10.1. The molecule has 2 aliphatic rings. The van der Waals surface area contributed by atoms with Crippen molar-refractivity contribution in [2.75, 3.05) is 40.4 Å². The topological polar surface area (TPSA) is 40.4 Å². The van der Waals surface area contributed by atoms with Gasteiger partial charge in [-0.05, 0) is 25.0 Å². The molecule has 5 nitrogen and oxygen atoms in total. The van der Waals surface area contributed by atoms with Crippen LogP contribution in [0.25, 0.3) is 0 Å². The Morgan fingerprint density at radius 2 is 1.72 bits per heavy atom. The van der Waals surface area contributed by atoms with Crippen LogP contribution in [-0.4, -0.2) is 62.0 Å². The lowest BCUT2D eigenvalue weighted by Gasteiger charge is -2.31. The number of rotatable bonds is 2. The molecular formula is C20H30N4O. The predicted molar refractivity (Wildman–Crippen MR) is 104 cm³/mol. The zero-order chi connectivity index (χ0) is 17.5. The lowest BCUT2D eigenvalue weighted by Crippen LogP contribution is -2.42. The minimum atomic E-state index is 0.547. The van der Waals surface area contributed by atoms with Gasteiger partial charge in [-0.2, -0.15) is 4.99 Å². The number of morpholine rings is 1. The number of guanidine groups is 1. The van der Waals surface area contributed by atoms with Gasteiger partial charge >= 0.3 is 0 Å². The van der Waals surface area contributed by atoms with Gasteiger partial charge in [0.15, 0.2) is 0 Å². The monoisotopic (exact) mass is 342 g/mol. The first kappa shape index (κ1) is 17.9. The van der Waals surface area contributed by atoms with Gasteiger partial charge in [0.2, 0.25) is 5.96 Å². The fraction of sp³-hybridized carbons (Fsp3) is 0.600. The molecule has 1 heterocycles. The molecule has 1 saturated heterocycles. The van der Waals surface area contributed by atoms with E-state index in [0.717, 1.165) is 38.0 Å². The Labute approximate surface area is 151 Å². The van der Waals surface area contributed by atoms with Crippen molar-refractivity contribution in [2.24, 2.45) is 15.9 Å². The zero-order valence-electron chi connectivity index (χ0n) is 15.5. The summed E-state index contributed by atoms with van der Waals surface area (Å²) in [4.78, 5) is 14.4. The molecule has 0 unspecified atom stereocenters. The van der Waals surface area contributed by atoms with E-state index in [-0.39, 0.29) is 0 Å². The quantitative estimate of drug-likeness (QED) is 0.610. The molecule has 1 aliphatic heterocycles. The van der Waals surface area contributed by atoms with E-state index >= 15 is 0 Å². The number of amidine groups is 1. The Balaban J connectivity index is 1.92. The first-order valence-electron chi connectivity index (χ1n) is 9.46. The van der Waals surface area contributed by atoms with Crippen LogP contribution in [0, 0.1) is 5.92 Å². The minimum Gasteiger partial charge on any atom is -0.378 e. The second-order valence-corrected chi connectivity index (χ2v) is 7.05. The summed E-state index contributed by atoms with van der Waals surface area (Å²) in [5, 5.41) is 0. The van der Waals surface area contributed by atoms with E-state index in [4.69, 9.17) is 14.7 Å². The molecule has 0 amide bonds. The van der Waals surface area contributed by atoms with Crippen LogP contribution in [0.2, 0.25) is 0 Å². The maximum Gasteiger partial charge on any atom is 0.227 e. The number of nitrogens with zero attached hydrogens (tertiary/aromatic N) is 4. The molecule has 0 spiro atoms. The maximum atomic E-state index is 5.51. The molecule has 25 heavy (non-hydrogen) atoms. The van der Waals surface area contributed by atoms with Crippen LogP contribution in [0.3, 0.4) is 0 Å². The highest BCUT2D eigenvalue weighted by Gasteiger charge is 2.23. The smallest absolute Gasteiger partial charge is 0.227 e. The molecule has 0 aromatic heterocycles. The number of hydrogen-bond donors (Lipinski definition) is 0. The van der Waals surface area contributed by atoms with Gasteiger partial charge in [-0.3, -0.25) is 0 Å². The molecule has 1 saturated carbocycles. The van der Waals surface area contributed by atoms with Gasteiger partial charge in [0.25, 0.3) is 0 Å². The van der Waals surface area contributed by atoms with Crippen molar-refractivity contribution >= 4 is 17.5 Å². The maximum absolute atomic E-state index is 5.51. The summed E-state index contributed by atoms with van der Waals surface area (Å²) in [6.45, 7) is 3.18. The highest BCUT2D eigenvalue weighted by Crippen LogP contribution is 2.26. The molecule has 136 valence electrons. The summed E-state index contributed by atoms with van der Waals surface area (Å²) in [5.41, 5.74) is 0.953. The molecule has 1 aromatic rings. The average molecular weight is 342 g/mol. The molecule has 0 N–H and O–H groups in total. The van der Waals surface area contributed by atoms with Gasteiger partial charge < -0.3 is 14.5 Å². The predicted octanol–water partition coefficient (Wildman–Crippen LogP) is 3.55. The van der Waals surface area contributed by atoms with Gasteiger partial charge in [-0.1, -0.05) is 37.5 Å². The Hall–Kier alpha value is -1.88. The fourth-order valence-corrected chi connectivity index (χ4v) is 3.57. The highest BCUT2D eigenvalue weighted by atomic mass is 16.5. The highest BCUT2D eigenvalue weighted by molar-refractivity contribution is 5.98. The third-order valence-corrected chi connectivity index (χ3v) is 4.92. The van der Waals surface area contributed by atoms with Gasteiger partial charge in [0, 0.05) is 33.1 Å². The molecule has 5 heteroatoms. The number of ether oxygens (including phenoxy) is 1. The average Bonchev–Trinajstić information content (AvgIpc) is 2.67. The molecule has 1 aromatic carbocycles. The largest absolute Gasteiger partial charge is 0.378 e. The van der Waals surface area contributed by atoms with Gasteiger partial charge in [0.05, 0.1) is 18.9 Å². The van der Waals surface area contributed by atoms with Crippen LogP contribution in [0.15, 0.2) is 40.3 Å². The first-order valence-corrected chi connectivity index (χ1v) is 9.46. The van der Waals surface area contributed by atoms with Crippen molar-refractivity contribution < 1.29 is 4.74 Å². The fourth-order valence-electron chi connectivity index (χ4n) is 3.57. The van der Waals surface area contributed by atoms with Crippen LogP contribution >= 0.6 is 0 Å². The number of para-hydroxylation sites is 1. The SMILES string of the molecule is CN(C)/C(=N\C(=Nc1ccccc1)N1CCOCC1)C1CCCCC1. The Bertz CT molecular complexity index is 585. The van der Waals surface area contributed by atoms with Gasteiger partial charge in [0.1, 0.15) is 5.84 Å². The van der Waals surface area contributed by atoms with E-state index < -0.39 is 0 Å². The molecule has 0 bridgehead atoms. The van der Waals surface area contributed by atoms with Crippen LogP contribution < -0.4 is 0 Å². The molecule has 1 aliphatic carbocycles. The third kappa shape index (κ3) is 5.05. The summed E-state index contributed by atoms with van der Waals surface area (Å²) in [6.07, 6.45) is 6.43. The minimum absolute atomic E-state index is 0.547. The van der Waals surface area contributed by atoms with Crippen LogP contribution in [-0.2, 0) is 4.74 Å². The van der Waals surface area contributed by atoms with E-state index in [1.165, 1.54) is 37.9 Å². The second kappa shape index (κ2) is 8.99. The lowest BCUT2D eigenvalue weighted by atomic mass is 9.88. The lowest BCUT2D eigenvalue weighted by molar-refractivity contribution is 0.0676. The van der Waals surface area contributed by atoms with Crippen molar-refractivity contribution in [3.8, 4) is 0 Å². The van der Waals surface area contributed by atoms with E-state index in [2.05, 4.69) is 23.9 Å². The number of hydrogen-bond acceptors (Lipinski definition) is 2.